The molecule has 0 radical (unpaired) electrons. The van der Waals surface area contributed by atoms with Gasteiger partial charge in [-0.15, -0.1) is 0 Å². The minimum Gasteiger partial charge on any atom is -0.0616 e. The number of benzene rings is 14. The van der Waals surface area contributed by atoms with E-state index in [9.17, 15) is 0 Å². The van der Waals surface area contributed by atoms with Crippen LogP contribution in [-0.2, 0) is 5.41 Å². The maximum Gasteiger partial charge on any atom is 0.0159 e. The summed E-state index contributed by atoms with van der Waals surface area (Å²) in [4.78, 5) is 0. The van der Waals surface area contributed by atoms with E-state index in [0.717, 1.165) is 0 Å². The van der Waals surface area contributed by atoms with E-state index in [1.807, 2.05) is 0 Å². The average Bonchev–Trinajstić information content (AvgIpc) is 3.66. The van der Waals surface area contributed by atoms with Crippen LogP contribution in [0.25, 0.3) is 142 Å². The average molecular weight is 899 g/mol. The Kier molecular flexibility index (Phi) is 8.51. The van der Waals surface area contributed by atoms with Gasteiger partial charge in [0.1, 0.15) is 0 Å². The SMILES string of the molecule is CC1(C)c2cc(-c3ccc4cc(-c5cc6ccc7ccccc7c6c6ccccc56)ccc4c3)ccc2-c2ccc(-c3ccc4cc(-c5cc6ccc7ccccc7c6c6ccccc56)ccc4c3)cc21. The minimum atomic E-state index is -0.155. The first-order valence-electron chi connectivity index (χ1n) is 25.0. The highest BCUT2D eigenvalue weighted by Gasteiger charge is 2.36. The molecule has 330 valence electrons. The molecule has 0 saturated carbocycles. The quantitative estimate of drug-likeness (QED) is 0.154. The van der Waals surface area contributed by atoms with Crippen LogP contribution in [-0.4, -0.2) is 0 Å². The maximum atomic E-state index is 2.45. The molecular formula is C71H46. The molecule has 0 N–H and O–H groups in total. The van der Waals surface area contributed by atoms with Crippen LogP contribution < -0.4 is 0 Å². The fourth-order valence-corrected chi connectivity index (χ4v) is 12.5. The molecule has 0 unspecified atom stereocenters. The van der Waals surface area contributed by atoms with Crippen molar-refractivity contribution in [3.8, 4) is 55.6 Å². The van der Waals surface area contributed by atoms with E-state index in [1.54, 1.807) is 0 Å². The van der Waals surface area contributed by atoms with Gasteiger partial charge in [-0.05, 0) is 201 Å². The van der Waals surface area contributed by atoms with Gasteiger partial charge < -0.3 is 0 Å². The van der Waals surface area contributed by atoms with E-state index in [2.05, 4.69) is 257 Å². The summed E-state index contributed by atoms with van der Waals surface area (Å²) in [6, 6.07) is 91.3. The Bertz CT molecular complexity index is 4310. The van der Waals surface area contributed by atoms with Gasteiger partial charge in [0.25, 0.3) is 0 Å². The molecule has 1 aliphatic carbocycles. The Morgan fingerprint density at radius 1 is 0.211 bits per heavy atom. The van der Waals surface area contributed by atoms with Crippen molar-refractivity contribution >= 4 is 86.2 Å². The predicted octanol–water partition coefficient (Wildman–Crippen LogP) is 19.9. The molecule has 0 fully saturated rings. The first-order chi connectivity index (χ1) is 34.9. The van der Waals surface area contributed by atoms with Gasteiger partial charge in [-0.3, -0.25) is 0 Å². The van der Waals surface area contributed by atoms with Gasteiger partial charge in [-0.25, -0.2) is 0 Å². The van der Waals surface area contributed by atoms with Crippen LogP contribution in [0.1, 0.15) is 25.0 Å². The molecule has 0 saturated heterocycles. The smallest absolute Gasteiger partial charge is 0.0159 e. The number of hydrogen-bond acceptors (Lipinski definition) is 0. The zero-order valence-corrected chi connectivity index (χ0v) is 39.6. The molecule has 71 heavy (non-hydrogen) atoms. The summed E-state index contributed by atoms with van der Waals surface area (Å²) in [6.07, 6.45) is 0. The van der Waals surface area contributed by atoms with Crippen molar-refractivity contribution in [1.29, 1.82) is 0 Å². The van der Waals surface area contributed by atoms with E-state index in [0.29, 0.717) is 0 Å². The number of rotatable bonds is 4. The highest BCUT2D eigenvalue weighted by molar-refractivity contribution is 6.25. The monoisotopic (exact) mass is 898 g/mol. The third-order valence-electron chi connectivity index (χ3n) is 16.1. The van der Waals surface area contributed by atoms with Crippen LogP contribution in [0.4, 0.5) is 0 Å². The molecule has 0 heteroatoms. The lowest BCUT2D eigenvalue weighted by atomic mass is 9.80. The second-order valence-corrected chi connectivity index (χ2v) is 20.4. The molecule has 0 bridgehead atoms. The van der Waals surface area contributed by atoms with E-state index < -0.39 is 0 Å². The van der Waals surface area contributed by atoms with Gasteiger partial charge >= 0.3 is 0 Å². The normalized spacial score (nSPS) is 13.0. The van der Waals surface area contributed by atoms with Gasteiger partial charge in [-0.1, -0.05) is 208 Å². The molecule has 0 aromatic heterocycles. The maximum absolute atomic E-state index is 2.45. The fourth-order valence-electron chi connectivity index (χ4n) is 12.5. The Balaban J connectivity index is 0.737. The van der Waals surface area contributed by atoms with E-state index in [-0.39, 0.29) is 5.41 Å². The number of fused-ring (bicyclic) bond motifs is 15. The van der Waals surface area contributed by atoms with E-state index in [1.165, 1.54) is 153 Å². The topological polar surface area (TPSA) is 0 Å². The van der Waals surface area contributed by atoms with E-state index >= 15 is 0 Å². The Morgan fingerprint density at radius 3 is 0.958 bits per heavy atom. The molecule has 0 nitrogen and oxygen atoms in total. The van der Waals surface area contributed by atoms with E-state index in [4.69, 9.17) is 0 Å². The third kappa shape index (κ3) is 6.11. The summed E-state index contributed by atoms with van der Waals surface area (Å²) >= 11 is 0. The van der Waals surface area contributed by atoms with Crippen molar-refractivity contribution in [3.05, 3.63) is 254 Å². The van der Waals surface area contributed by atoms with Crippen molar-refractivity contribution in [2.45, 2.75) is 19.3 Å². The molecule has 0 spiro atoms. The van der Waals surface area contributed by atoms with Crippen molar-refractivity contribution in [2.75, 3.05) is 0 Å². The van der Waals surface area contributed by atoms with Gasteiger partial charge in [0, 0.05) is 5.41 Å². The van der Waals surface area contributed by atoms with Crippen LogP contribution in [0.2, 0.25) is 0 Å². The second kappa shape index (κ2) is 15.1. The lowest BCUT2D eigenvalue weighted by molar-refractivity contribution is 0.661. The van der Waals surface area contributed by atoms with Gasteiger partial charge in [0.15, 0.2) is 0 Å². The highest BCUT2D eigenvalue weighted by Crippen LogP contribution is 2.51. The van der Waals surface area contributed by atoms with Crippen molar-refractivity contribution in [2.24, 2.45) is 0 Å². The summed E-state index contributed by atoms with van der Waals surface area (Å²) in [5.41, 5.74) is 15.3. The Labute approximate surface area is 412 Å². The third-order valence-corrected chi connectivity index (χ3v) is 16.1. The minimum absolute atomic E-state index is 0.155. The summed E-state index contributed by atoms with van der Waals surface area (Å²) in [6.45, 7) is 4.79. The first kappa shape index (κ1) is 40.1. The predicted molar refractivity (Wildman–Crippen MR) is 306 cm³/mol. The van der Waals surface area contributed by atoms with Gasteiger partial charge in [-0.2, -0.15) is 0 Å². The summed E-state index contributed by atoms with van der Waals surface area (Å²) in [5, 5.41) is 20.5. The molecule has 14 aromatic rings. The second-order valence-electron chi connectivity index (χ2n) is 20.4. The largest absolute Gasteiger partial charge is 0.0616 e. The summed E-state index contributed by atoms with van der Waals surface area (Å²) in [5.74, 6) is 0. The summed E-state index contributed by atoms with van der Waals surface area (Å²) < 4.78 is 0. The van der Waals surface area contributed by atoms with Crippen LogP contribution in [0.5, 0.6) is 0 Å². The molecule has 14 aromatic carbocycles. The van der Waals surface area contributed by atoms with Crippen LogP contribution in [0.15, 0.2) is 243 Å². The molecule has 0 amide bonds. The van der Waals surface area contributed by atoms with Gasteiger partial charge in [0.05, 0.1) is 0 Å². The van der Waals surface area contributed by atoms with Crippen LogP contribution in [0, 0.1) is 0 Å². The van der Waals surface area contributed by atoms with Crippen LogP contribution in [0.3, 0.4) is 0 Å². The zero-order valence-electron chi connectivity index (χ0n) is 39.6. The van der Waals surface area contributed by atoms with Crippen LogP contribution >= 0.6 is 0 Å². The summed E-state index contributed by atoms with van der Waals surface area (Å²) in [7, 11) is 0. The number of hydrogen-bond donors (Lipinski definition) is 0. The van der Waals surface area contributed by atoms with Gasteiger partial charge in [0.2, 0.25) is 0 Å². The fraction of sp³-hybridized carbons (Fsp3) is 0.0423. The first-order valence-corrected chi connectivity index (χ1v) is 25.0. The molecule has 0 heterocycles. The Hall–Kier alpha value is -8.84. The molecule has 0 aliphatic heterocycles. The van der Waals surface area contributed by atoms with Crippen molar-refractivity contribution in [1.82, 2.24) is 0 Å². The zero-order chi connectivity index (χ0) is 47.0. The van der Waals surface area contributed by atoms with Crippen molar-refractivity contribution in [3.63, 3.8) is 0 Å². The molecule has 1 aliphatic rings. The molecular weight excluding hydrogens is 853 g/mol. The van der Waals surface area contributed by atoms with Crippen molar-refractivity contribution < 1.29 is 0 Å². The lowest BCUT2D eigenvalue weighted by Crippen LogP contribution is -2.15. The molecule has 15 rings (SSSR count). The standard InChI is InChI=1S/C71H46/c1-71(2)67-41-51(47-21-23-49-37-53(27-25-45(49)35-47)65-39-55-29-19-43-11-3-5-13-57(43)69(55)63-17-9-7-15-59(63)65)31-33-61(67)62-34-32-52(42-68(62)71)48-22-24-50-38-54(28-26-46(50)36-48)66-40-56-30-20-44-12-4-6-14-58(44)70(56)64-18-10-8-16-60(64)66/h3-42H,1-2H3. The molecule has 0 atom stereocenters. The Morgan fingerprint density at radius 2 is 0.521 bits per heavy atom. The lowest BCUT2D eigenvalue weighted by Gasteiger charge is -2.23. The highest BCUT2D eigenvalue weighted by atomic mass is 14.4.